The molecule has 3 aromatic carbocycles. The number of benzene rings is 3. The maximum Gasteiger partial charge on any atom is 0.243 e. The lowest BCUT2D eigenvalue weighted by Crippen LogP contribution is -2.51. The van der Waals surface area contributed by atoms with E-state index in [1.54, 1.807) is 35.2 Å². The highest BCUT2D eigenvalue weighted by Gasteiger charge is 2.30. The average Bonchev–Trinajstić information content (AvgIpc) is 2.83. The van der Waals surface area contributed by atoms with E-state index < -0.39 is 6.04 Å². The molecular formula is C27H27Cl2FN2O2. The van der Waals surface area contributed by atoms with Crippen LogP contribution in [0.3, 0.4) is 0 Å². The van der Waals surface area contributed by atoms with E-state index in [1.165, 1.54) is 12.1 Å². The van der Waals surface area contributed by atoms with E-state index in [9.17, 15) is 14.0 Å². The molecule has 0 unspecified atom stereocenters. The molecule has 4 nitrogen and oxygen atoms in total. The van der Waals surface area contributed by atoms with Crippen molar-refractivity contribution in [1.29, 1.82) is 0 Å². The van der Waals surface area contributed by atoms with Gasteiger partial charge in [0.1, 0.15) is 11.9 Å². The first-order valence-corrected chi connectivity index (χ1v) is 11.9. The normalized spacial score (nSPS) is 11.6. The number of nitrogens with one attached hydrogen (secondary N) is 1. The zero-order valence-electron chi connectivity index (χ0n) is 18.9. The predicted molar refractivity (Wildman–Crippen MR) is 134 cm³/mol. The van der Waals surface area contributed by atoms with E-state index in [0.717, 1.165) is 17.5 Å². The molecule has 0 aliphatic heterocycles. The fraction of sp³-hybridized carbons (Fsp3) is 0.259. The van der Waals surface area contributed by atoms with Gasteiger partial charge in [0.25, 0.3) is 0 Å². The van der Waals surface area contributed by atoms with Gasteiger partial charge in [0, 0.05) is 29.6 Å². The van der Waals surface area contributed by atoms with Crippen LogP contribution in [-0.4, -0.2) is 29.3 Å². The minimum absolute atomic E-state index is 0.00352. The Labute approximate surface area is 209 Å². The van der Waals surface area contributed by atoms with Crippen molar-refractivity contribution in [2.24, 2.45) is 0 Å². The maximum atomic E-state index is 13.6. The number of carbonyl (C=O) groups excluding carboxylic acids is 2. The summed E-state index contributed by atoms with van der Waals surface area (Å²) >= 11 is 12.3. The van der Waals surface area contributed by atoms with Crippen LogP contribution in [0.5, 0.6) is 0 Å². The lowest BCUT2D eigenvalue weighted by molar-refractivity contribution is -0.140. The van der Waals surface area contributed by atoms with Crippen LogP contribution in [0.25, 0.3) is 0 Å². The van der Waals surface area contributed by atoms with E-state index in [4.69, 9.17) is 23.2 Å². The second kappa shape index (κ2) is 12.5. The number of amides is 2. The summed E-state index contributed by atoms with van der Waals surface area (Å²) in [5, 5.41) is 3.79. The fourth-order valence-corrected chi connectivity index (χ4v) is 4.11. The van der Waals surface area contributed by atoms with Crippen LogP contribution in [0, 0.1) is 5.82 Å². The quantitative estimate of drug-likeness (QED) is 0.380. The topological polar surface area (TPSA) is 49.4 Å². The monoisotopic (exact) mass is 500 g/mol. The van der Waals surface area contributed by atoms with Gasteiger partial charge in [-0.1, -0.05) is 78.7 Å². The summed E-state index contributed by atoms with van der Waals surface area (Å²) in [5.41, 5.74) is 2.27. The molecule has 7 heteroatoms. The van der Waals surface area contributed by atoms with Crippen molar-refractivity contribution in [2.75, 3.05) is 6.54 Å². The van der Waals surface area contributed by atoms with E-state index in [0.29, 0.717) is 28.6 Å². The summed E-state index contributed by atoms with van der Waals surface area (Å²) in [5.74, 6) is -0.861. The number of rotatable bonds is 10. The molecule has 0 radical (unpaired) electrons. The third kappa shape index (κ3) is 7.31. The van der Waals surface area contributed by atoms with Crippen molar-refractivity contribution in [3.63, 3.8) is 0 Å². The molecule has 3 rings (SSSR count). The van der Waals surface area contributed by atoms with Gasteiger partial charge < -0.3 is 10.2 Å². The Morgan fingerprint density at radius 3 is 2.32 bits per heavy atom. The standard InChI is InChI=1S/C27H27Cl2FN2O2/c1-2-14-31-27(34)25(15-19-6-4-3-5-7-19)32(18-20-8-12-23(30)13-9-20)26(33)16-21-10-11-22(28)17-24(21)29/h3-13,17,25H,2,14-16,18H2,1H3,(H,31,34)/t25-/m1/s1. The van der Waals surface area contributed by atoms with Crippen LogP contribution in [0.1, 0.15) is 30.0 Å². The average molecular weight is 501 g/mol. The van der Waals surface area contributed by atoms with Crippen molar-refractivity contribution in [2.45, 2.75) is 38.8 Å². The molecule has 0 saturated carbocycles. The van der Waals surface area contributed by atoms with Gasteiger partial charge in [-0.25, -0.2) is 4.39 Å². The first-order valence-electron chi connectivity index (χ1n) is 11.2. The highest BCUT2D eigenvalue weighted by atomic mass is 35.5. The Morgan fingerprint density at radius 1 is 0.971 bits per heavy atom. The number of halogens is 3. The molecule has 1 N–H and O–H groups in total. The molecule has 0 saturated heterocycles. The second-order valence-electron chi connectivity index (χ2n) is 8.06. The molecule has 2 amide bonds. The Hall–Kier alpha value is -2.89. The summed E-state index contributed by atoms with van der Waals surface area (Å²) < 4.78 is 13.5. The van der Waals surface area contributed by atoms with Gasteiger partial charge in [0.05, 0.1) is 6.42 Å². The third-order valence-electron chi connectivity index (χ3n) is 5.44. The molecular weight excluding hydrogens is 474 g/mol. The van der Waals surface area contributed by atoms with Crippen LogP contribution >= 0.6 is 23.2 Å². The second-order valence-corrected chi connectivity index (χ2v) is 8.90. The minimum Gasteiger partial charge on any atom is -0.354 e. The Kier molecular flexibility index (Phi) is 9.49. The molecule has 178 valence electrons. The molecule has 1 atom stereocenters. The summed E-state index contributed by atoms with van der Waals surface area (Å²) in [6, 6.07) is 19.7. The van der Waals surface area contributed by atoms with Crippen molar-refractivity contribution in [1.82, 2.24) is 10.2 Å². The van der Waals surface area contributed by atoms with Crippen molar-refractivity contribution in [3.8, 4) is 0 Å². The predicted octanol–water partition coefficient (Wildman–Crippen LogP) is 5.84. The third-order valence-corrected chi connectivity index (χ3v) is 6.03. The molecule has 3 aromatic rings. The molecule has 0 fully saturated rings. The van der Waals surface area contributed by atoms with Gasteiger partial charge in [-0.2, -0.15) is 0 Å². The molecule has 0 heterocycles. The van der Waals surface area contributed by atoms with Crippen molar-refractivity contribution in [3.05, 3.63) is 105 Å². The van der Waals surface area contributed by atoms with Gasteiger partial charge in [0.15, 0.2) is 0 Å². The summed E-state index contributed by atoms with van der Waals surface area (Å²) in [6.45, 7) is 2.63. The smallest absolute Gasteiger partial charge is 0.243 e. The lowest BCUT2D eigenvalue weighted by atomic mass is 10.0. The van der Waals surface area contributed by atoms with Crippen LogP contribution in [-0.2, 0) is 29.0 Å². The first kappa shape index (κ1) is 25.7. The van der Waals surface area contributed by atoms with Gasteiger partial charge >= 0.3 is 0 Å². The number of hydrogen-bond acceptors (Lipinski definition) is 2. The lowest BCUT2D eigenvalue weighted by Gasteiger charge is -2.32. The maximum absolute atomic E-state index is 13.6. The fourth-order valence-electron chi connectivity index (χ4n) is 3.64. The van der Waals surface area contributed by atoms with E-state index >= 15 is 0 Å². The van der Waals surface area contributed by atoms with Gasteiger partial charge in [-0.05, 0) is 47.4 Å². The molecule has 34 heavy (non-hydrogen) atoms. The van der Waals surface area contributed by atoms with Crippen molar-refractivity contribution >= 4 is 35.0 Å². The van der Waals surface area contributed by atoms with Crippen LogP contribution < -0.4 is 5.32 Å². The first-order chi connectivity index (χ1) is 16.4. The molecule has 0 aliphatic carbocycles. The SMILES string of the molecule is CCCNC(=O)[C@@H](Cc1ccccc1)N(Cc1ccc(F)cc1)C(=O)Cc1ccc(Cl)cc1Cl. The zero-order chi connectivity index (χ0) is 24.5. The van der Waals surface area contributed by atoms with E-state index in [1.807, 2.05) is 37.3 Å². The molecule has 0 aliphatic rings. The zero-order valence-corrected chi connectivity index (χ0v) is 20.5. The Bertz CT molecular complexity index is 1110. The Balaban J connectivity index is 1.96. The van der Waals surface area contributed by atoms with E-state index in [-0.39, 0.29) is 30.6 Å². The summed E-state index contributed by atoms with van der Waals surface area (Å²) in [4.78, 5) is 28.4. The highest BCUT2D eigenvalue weighted by Crippen LogP contribution is 2.23. The largest absolute Gasteiger partial charge is 0.354 e. The molecule has 0 aromatic heterocycles. The van der Waals surface area contributed by atoms with Gasteiger partial charge in [0.2, 0.25) is 11.8 Å². The van der Waals surface area contributed by atoms with Gasteiger partial charge in [-0.15, -0.1) is 0 Å². The number of carbonyl (C=O) groups is 2. The van der Waals surface area contributed by atoms with Gasteiger partial charge in [-0.3, -0.25) is 9.59 Å². The van der Waals surface area contributed by atoms with Crippen LogP contribution in [0.4, 0.5) is 4.39 Å². The van der Waals surface area contributed by atoms with Crippen LogP contribution in [0.2, 0.25) is 10.0 Å². The number of nitrogens with zero attached hydrogens (tertiary/aromatic N) is 1. The summed E-state index contributed by atoms with van der Waals surface area (Å²) in [7, 11) is 0. The minimum atomic E-state index is -0.752. The number of hydrogen-bond donors (Lipinski definition) is 1. The Morgan fingerprint density at radius 2 is 1.68 bits per heavy atom. The van der Waals surface area contributed by atoms with Crippen molar-refractivity contribution < 1.29 is 14.0 Å². The summed E-state index contributed by atoms with van der Waals surface area (Å²) in [6.07, 6.45) is 1.12. The molecule has 0 bridgehead atoms. The van der Waals surface area contributed by atoms with Crippen LogP contribution in [0.15, 0.2) is 72.8 Å². The molecule has 0 spiro atoms. The highest BCUT2D eigenvalue weighted by molar-refractivity contribution is 6.35. The van der Waals surface area contributed by atoms with E-state index in [2.05, 4.69) is 5.32 Å².